The van der Waals surface area contributed by atoms with E-state index >= 15 is 0 Å². The molecule has 0 aliphatic heterocycles. The lowest BCUT2D eigenvalue weighted by atomic mass is 10.3. The van der Waals surface area contributed by atoms with Crippen molar-refractivity contribution in [2.24, 2.45) is 0 Å². The highest BCUT2D eigenvalue weighted by atomic mass is 79.9. The molecular formula is C13H10BrN3O2S2. The monoisotopic (exact) mass is 383 g/mol. The van der Waals surface area contributed by atoms with Gasteiger partial charge in [-0.15, -0.1) is 11.3 Å². The van der Waals surface area contributed by atoms with Crippen LogP contribution in [0.3, 0.4) is 0 Å². The smallest absolute Gasteiger partial charge is 0.313 e. The van der Waals surface area contributed by atoms with Crippen LogP contribution in [0.15, 0.2) is 39.5 Å². The minimum absolute atomic E-state index is 0.00676. The zero-order valence-electron chi connectivity index (χ0n) is 10.7. The van der Waals surface area contributed by atoms with Crippen molar-refractivity contribution in [3.8, 4) is 0 Å². The number of aromatic nitrogens is 3. The van der Waals surface area contributed by atoms with Crippen LogP contribution in [0.5, 0.6) is 0 Å². The average molecular weight is 384 g/mol. The van der Waals surface area contributed by atoms with Crippen LogP contribution in [0.25, 0.3) is 11.0 Å². The lowest BCUT2D eigenvalue weighted by molar-refractivity contribution is -0.133. The first-order chi connectivity index (χ1) is 10.1. The predicted molar refractivity (Wildman–Crippen MR) is 87.0 cm³/mol. The number of carboxylic acid groups (broad SMARTS) is 1. The quantitative estimate of drug-likeness (QED) is 0.683. The molecule has 3 rings (SSSR count). The van der Waals surface area contributed by atoms with E-state index < -0.39 is 5.97 Å². The number of thioether (sulfide) groups is 1. The number of hydrogen-bond acceptors (Lipinski definition) is 5. The molecule has 0 atom stereocenters. The van der Waals surface area contributed by atoms with E-state index in [-0.39, 0.29) is 5.75 Å². The van der Waals surface area contributed by atoms with Gasteiger partial charge in [-0.3, -0.25) is 9.78 Å². The van der Waals surface area contributed by atoms with E-state index in [2.05, 4.69) is 25.9 Å². The first-order valence-corrected chi connectivity index (χ1v) is 8.67. The van der Waals surface area contributed by atoms with Gasteiger partial charge in [0, 0.05) is 15.5 Å². The highest BCUT2D eigenvalue weighted by molar-refractivity contribution is 9.10. The second-order valence-electron chi connectivity index (χ2n) is 4.26. The highest BCUT2D eigenvalue weighted by Gasteiger charge is 2.14. The van der Waals surface area contributed by atoms with E-state index in [0.29, 0.717) is 11.7 Å². The number of aliphatic carboxylic acids is 1. The standard InChI is InChI=1S/C13H10BrN3O2S2/c14-8-1-2-10-11(3-8)17(5-9-4-15-7-21-9)13(16-10)20-6-12(18)19/h1-4,7H,5-6H2,(H,18,19). The molecule has 0 amide bonds. The molecule has 21 heavy (non-hydrogen) atoms. The second-order valence-corrected chi connectivity index (χ2v) is 7.09. The number of imidazole rings is 1. The third-order valence-electron chi connectivity index (χ3n) is 2.80. The molecule has 2 aromatic heterocycles. The van der Waals surface area contributed by atoms with Gasteiger partial charge in [0.2, 0.25) is 0 Å². The zero-order valence-corrected chi connectivity index (χ0v) is 13.9. The first kappa shape index (κ1) is 14.6. The Morgan fingerprint density at radius 3 is 3.05 bits per heavy atom. The van der Waals surface area contributed by atoms with Crippen molar-refractivity contribution < 1.29 is 9.90 Å². The van der Waals surface area contributed by atoms with E-state index in [0.717, 1.165) is 20.4 Å². The number of nitrogens with zero attached hydrogens (tertiary/aromatic N) is 3. The molecule has 8 heteroatoms. The van der Waals surface area contributed by atoms with Gasteiger partial charge < -0.3 is 9.67 Å². The molecule has 0 radical (unpaired) electrons. The van der Waals surface area contributed by atoms with Crippen molar-refractivity contribution >= 4 is 56.0 Å². The lowest BCUT2D eigenvalue weighted by Gasteiger charge is -2.06. The number of thiazole rings is 1. The summed E-state index contributed by atoms with van der Waals surface area (Å²) in [6.45, 7) is 0.638. The van der Waals surface area contributed by atoms with Crippen molar-refractivity contribution in [1.82, 2.24) is 14.5 Å². The molecule has 0 saturated carbocycles. The van der Waals surface area contributed by atoms with Gasteiger partial charge >= 0.3 is 5.97 Å². The minimum atomic E-state index is -0.849. The van der Waals surface area contributed by atoms with Crippen LogP contribution in [0.1, 0.15) is 4.88 Å². The third kappa shape index (κ3) is 3.28. The Morgan fingerprint density at radius 1 is 1.48 bits per heavy atom. The van der Waals surface area contributed by atoms with Gasteiger partial charge in [0.25, 0.3) is 0 Å². The number of benzene rings is 1. The fourth-order valence-corrected chi connectivity index (χ4v) is 3.60. The second kappa shape index (κ2) is 6.17. The van der Waals surface area contributed by atoms with Gasteiger partial charge in [0.05, 0.1) is 28.8 Å². The van der Waals surface area contributed by atoms with E-state index in [1.807, 2.05) is 29.0 Å². The van der Waals surface area contributed by atoms with Crippen LogP contribution in [-0.4, -0.2) is 31.4 Å². The summed E-state index contributed by atoms with van der Waals surface area (Å²) < 4.78 is 3.00. The molecule has 0 bridgehead atoms. The Kier molecular flexibility index (Phi) is 4.27. The summed E-state index contributed by atoms with van der Waals surface area (Å²) in [4.78, 5) is 20.5. The maximum Gasteiger partial charge on any atom is 0.313 e. The third-order valence-corrected chi connectivity index (χ3v) is 5.02. The van der Waals surface area contributed by atoms with Gasteiger partial charge in [-0.2, -0.15) is 0 Å². The largest absolute Gasteiger partial charge is 0.481 e. The SMILES string of the molecule is O=C(O)CSc1nc2ccc(Br)cc2n1Cc1cncs1. The van der Waals surface area contributed by atoms with Gasteiger partial charge in [0.15, 0.2) is 5.16 Å². The summed E-state index contributed by atoms with van der Waals surface area (Å²) in [6, 6.07) is 5.85. The number of carbonyl (C=O) groups is 1. The fourth-order valence-electron chi connectivity index (χ4n) is 1.94. The van der Waals surface area contributed by atoms with Crippen LogP contribution >= 0.6 is 39.0 Å². The van der Waals surface area contributed by atoms with Gasteiger partial charge in [-0.25, -0.2) is 4.98 Å². The number of halogens is 1. The van der Waals surface area contributed by atoms with E-state index in [1.54, 1.807) is 16.8 Å². The molecule has 0 saturated heterocycles. The maximum atomic E-state index is 10.8. The van der Waals surface area contributed by atoms with E-state index in [4.69, 9.17) is 5.11 Å². The summed E-state index contributed by atoms with van der Waals surface area (Å²) in [7, 11) is 0. The number of rotatable bonds is 5. The highest BCUT2D eigenvalue weighted by Crippen LogP contribution is 2.27. The van der Waals surface area contributed by atoms with E-state index in [1.165, 1.54) is 11.8 Å². The topological polar surface area (TPSA) is 68.0 Å². The summed E-state index contributed by atoms with van der Waals surface area (Å²) in [5, 5.41) is 9.58. The van der Waals surface area contributed by atoms with Crippen molar-refractivity contribution in [2.45, 2.75) is 11.7 Å². The Hall–Kier alpha value is -1.38. The molecule has 0 aliphatic rings. The number of hydrogen-bond donors (Lipinski definition) is 1. The normalized spacial score (nSPS) is 11.1. The minimum Gasteiger partial charge on any atom is -0.481 e. The number of carboxylic acids is 1. The Balaban J connectivity index is 2.04. The molecule has 1 aromatic carbocycles. The van der Waals surface area contributed by atoms with Crippen molar-refractivity contribution in [2.75, 3.05) is 5.75 Å². The molecule has 5 nitrogen and oxygen atoms in total. The molecule has 3 aromatic rings. The van der Waals surface area contributed by atoms with Crippen LogP contribution in [0, 0.1) is 0 Å². The number of fused-ring (bicyclic) bond motifs is 1. The molecule has 0 aliphatic carbocycles. The Bertz CT molecular complexity index is 786. The Morgan fingerprint density at radius 2 is 2.33 bits per heavy atom. The van der Waals surface area contributed by atoms with Gasteiger partial charge in [-0.1, -0.05) is 27.7 Å². The summed E-state index contributed by atoms with van der Waals surface area (Å²) in [5.74, 6) is -0.856. The lowest BCUT2D eigenvalue weighted by Crippen LogP contribution is -2.03. The summed E-state index contributed by atoms with van der Waals surface area (Å²) in [6.07, 6.45) is 1.82. The molecule has 1 N–H and O–H groups in total. The fraction of sp³-hybridized carbons (Fsp3) is 0.154. The van der Waals surface area contributed by atoms with Crippen LogP contribution < -0.4 is 0 Å². The van der Waals surface area contributed by atoms with Crippen molar-refractivity contribution in [3.05, 3.63) is 39.3 Å². The molecule has 0 fully saturated rings. The molecule has 0 unspecified atom stereocenters. The molecule has 0 spiro atoms. The van der Waals surface area contributed by atoms with Crippen molar-refractivity contribution in [3.63, 3.8) is 0 Å². The van der Waals surface area contributed by atoms with E-state index in [9.17, 15) is 4.79 Å². The average Bonchev–Trinajstić information content (AvgIpc) is 3.06. The Labute approximate surface area is 137 Å². The first-order valence-electron chi connectivity index (χ1n) is 6.01. The predicted octanol–water partition coefficient (Wildman–Crippen LogP) is 3.48. The summed E-state index contributed by atoms with van der Waals surface area (Å²) in [5.41, 5.74) is 3.62. The van der Waals surface area contributed by atoms with Gasteiger partial charge in [0.1, 0.15) is 0 Å². The maximum absolute atomic E-state index is 10.8. The zero-order chi connectivity index (χ0) is 14.8. The molecular weight excluding hydrogens is 374 g/mol. The van der Waals surface area contributed by atoms with Crippen LogP contribution in [-0.2, 0) is 11.3 Å². The van der Waals surface area contributed by atoms with Crippen molar-refractivity contribution in [1.29, 1.82) is 0 Å². The van der Waals surface area contributed by atoms with Gasteiger partial charge in [-0.05, 0) is 18.2 Å². The summed E-state index contributed by atoms with van der Waals surface area (Å²) >= 11 is 6.26. The molecule has 108 valence electrons. The van der Waals surface area contributed by atoms with Crippen LogP contribution in [0.4, 0.5) is 0 Å². The molecule has 2 heterocycles. The van der Waals surface area contributed by atoms with Crippen LogP contribution in [0.2, 0.25) is 0 Å².